The number of ether oxygens (including phenoxy) is 1. The summed E-state index contributed by atoms with van der Waals surface area (Å²) >= 11 is 0. The highest BCUT2D eigenvalue weighted by molar-refractivity contribution is 5.86. The Morgan fingerprint density at radius 2 is 2.35 bits per heavy atom. The van der Waals surface area contributed by atoms with Crippen LogP contribution in [0.3, 0.4) is 0 Å². The van der Waals surface area contributed by atoms with Gasteiger partial charge in [-0.05, 0) is 36.8 Å². The quantitative estimate of drug-likeness (QED) is 0.861. The number of aromatic amines is 1. The van der Waals surface area contributed by atoms with Crippen molar-refractivity contribution >= 4 is 11.8 Å². The van der Waals surface area contributed by atoms with E-state index in [1.165, 1.54) is 4.90 Å². The van der Waals surface area contributed by atoms with E-state index in [0.29, 0.717) is 18.8 Å². The molecule has 1 aliphatic heterocycles. The predicted octanol–water partition coefficient (Wildman–Crippen LogP) is 0.523. The summed E-state index contributed by atoms with van der Waals surface area (Å²) < 4.78 is 5.55. The summed E-state index contributed by atoms with van der Waals surface area (Å²) in [6.45, 7) is 2.88. The maximum Gasteiger partial charge on any atom is 0.261 e. The first kappa shape index (κ1) is 15.1. The van der Waals surface area contributed by atoms with Crippen molar-refractivity contribution < 1.29 is 14.3 Å². The monoisotopic (exact) mass is 313 g/mol. The number of aromatic nitrogens is 2. The first-order valence-electron chi connectivity index (χ1n) is 7.32. The molecule has 1 radical (unpaired) electrons. The van der Waals surface area contributed by atoms with E-state index in [9.17, 15) is 9.59 Å². The van der Waals surface area contributed by atoms with Gasteiger partial charge in [0.05, 0.1) is 12.2 Å². The number of hydrogen-bond donors (Lipinski definition) is 2. The zero-order valence-corrected chi connectivity index (χ0v) is 12.8. The van der Waals surface area contributed by atoms with E-state index < -0.39 is 0 Å². The van der Waals surface area contributed by atoms with E-state index in [0.717, 1.165) is 16.8 Å². The minimum atomic E-state index is -0.204. The second-order valence-corrected chi connectivity index (χ2v) is 5.30. The molecule has 0 bridgehead atoms. The lowest BCUT2D eigenvalue weighted by atomic mass is 10.1. The molecule has 1 aromatic heterocycles. The van der Waals surface area contributed by atoms with Gasteiger partial charge in [0.1, 0.15) is 5.75 Å². The molecule has 3 rings (SSSR count). The molecule has 23 heavy (non-hydrogen) atoms. The number of benzene rings is 1. The highest BCUT2D eigenvalue weighted by Gasteiger charge is 2.21. The third-order valence-corrected chi connectivity index (χ3v) is 3.66. The molecule has 0 unspecified atom stereocenters. The maximum atomic E-state index is 12.1. The zero-order chi connectivity index (χ0) is 16.2. The van der Waals surface area contributed by atoms with Gasteiger partial charge in [-0.2, -0.15) is 5.10 Å². The van der Waals surface area contributed by atoms with E-state index in [4.69, 9.17) is 4.74 Å². The molecular weight excluding hydrogens is 296 g/mol. The van der Waals surface area contributed by atoms with Crippen LogP contribution < -0.4 is 10.1 Å². The van der Waals surface area contributed by atoms with Crippen LogP contribution >= 0.6 is 0 Å². The Labute approximate surface area is 133 Å². The number of amides is 2. The van der Waals surface area contributed by atoms with Crippen molar-refractivity contribution in [1.82, 2.24) is 20.4 Å². The van der Waals surface area contributed by atoms with Gasteiger partial charge < -0.3 is 15.0 Å². The van der Waals surface area contributed by atoms with Crippen LogP contribution in [0.15, 0.2) is 24.4 Å². The van der Waals surface area contributed by atoms with Crippen LogP contribution in [0.4, 0.5) is 0 Å². The second-order valence-electron chi connectivity index (χ2n) is 5.30. The van der Waals surface area contributed by atoms with Crippen molar-refractivity contribution in [3.8, 4) is 16.9 Å². The van der Waals surface area contributed by atoms with Crippen molar-refractivity contribution in [3.63, 3.8) is 0 Å². The minimum absolute atomic E-state index is 0.0859. The Kier molecular flexibility index (Phi) is 4.27. The van der Waals surface area contributed by atoms with E-state index in [1.54, 1.807) is 12.3 Å². The average molecular weight is 313 g/mol. The molecule has 2 heterocycles. The van der Waals surface area contributed by atoms with Crippen LogP contribution in [0.2, 0.25) is 0 Å². The van der Waals surface area contributed by atoms with Crippen molar-refractivity contribution in [2.24, 2.45) is 0 Å². The van der Waals surface area contributed by atoms with Gasteiger partial charge in [0.25, 0.3) is 5.91 Å². The van der Waals surface area contributed by atoms with Crippen molar-refractivity contribution in [2.45, 2.75) is 6.92 Å². The molecule has 0 aliphatic carbocycles. The van der Waals surface area contributed by atoms with E-state index >= 15 is 0 Å². The largest absolute Gasteiger partial charge is 0.484 e. The van der Waals surface area contributed by atoms with Crippen LogP contribution in [0.5, 0.6) is 5.75 Å². The number of hydrogen-bond acceptors (Lipinski definition) is 4. The Morgan fingerprint density at radius 3 is 3.09 bits per heavy atom. The highest BCUT2D eigenvalue weighted by Crippen LogP contribution is 2.25. The van der Waals surface area contributed by atoms with Gasteiger partial charge in [-0.15, -0.1) is 0 Å². The molecule has 7 heteroatoms. The Morgan fingerprint density at radius 1 is 1.48 bits per heavy atom. The molecule has 1 fully saturated rings. The molecule has 0 atom stereocenters. The van der Waals surface area contributed by atoms with Crippen LogP contribution in [0, 0.1) is 13.0 Å². The molecule has 0 saturated carbocycles. The zero-order valence-electron chi connectivity index (χ0n) is 12.8. The molecule has 1 aliphatic rings. The van der Waals surface area contributed by atoms with Gasteiger partial charge in [-0.25, -0.2) is 0 Å². The Balaban J connectivity index is 1.63. The summed E-state index contributed by atoms with van der Waals surface area (Å²) in [5, 5.41) is 9.58. The standard InChI is InChI=1S/C16H17N4O3/c1-11-14(8-18-19-11)12-3-2-4-13(7-12)23-10-16(22)20-6-5-17-15(21)9-20/h3-4,7-8H,5-6,9-10H2,1H3,(H,17,21)(H,18,19). The van der Waals surface area contributed by atoms with Crippen LogP contribution in [0.25, 0.3) is 11.1 Å². The van der Waals surface area contributed by atoms with Crippen LogP contribution in [-0.4, -0.2) is 53.2 Å². The first-order chi connectivity index (χ1) is 11.1. The number of carbonyl (C=O) groups is 2. The lowest BCUT2D eigenvalue weighted by molar-refractivity contribution is -0.139. The lowest BCUT2D eigenvalue weighted by Crippen LogP contribution is -2.51. The molecule has 119 valence electrons. The molecule has 1 aromatic carbocycles. The van der Waals surface area contributed by atoms with E-state index in [2.05, 4.69) is 21.6 Å². The van der Waals surface area contributed by atoms with Gasteiger partial charge >= 0.3 is 0 Å². The van der Waals surface area contributed by atoms with Crippen LogP contribution in [-0.2, 0) is 9.59 Å². The van der Waals surface area contributed by atoms with E-state index in [1.807, 2.05) is 19.1 Å². The fourth-order valence-corrected chi connectivity index (χ4v) is 2.43. The van der Waals surface area contributed by atoms with E-state index in [-0.39, 0.29) is 25.0 Å². The predicted molar refractivity (Wildman–Crippen MR) is 82.7 cm³/mol. The lowest BCUT2D eigenvalue weighted by Gasteiger charge is -2.26. The minimum Gasteiger partial charge on any atom is -0.484 e. The Bertz CT molecular complexity index is 726. The van der Waals surface area contributed by atoms with Gasteiger partial charge in [-0.1, -0.05) is 0 Å². The molecule has 2 N–H and O–H groups in total. The topological polar surface area (TPSA) is 87.3 Å². The summed E-state index contributed by atoms with van der Waals surface area (Å²) in [6.07, 6.45) is 1.81. The number of H-pyrrole nitrogens is 1. The number of nitrogens with one attached hydrogen (secondary N) is 2. The SMILES string of the molecule is Cc1n[nH]cc1-c1c[c]cc(OCC(=O)N2CCNC(=O)C2)c1. The molecule has 2 amide bonds. The average Bonchev–Trinajstić information content (AvgIpc) is 2.99. The van der Waals surface area contributed by atoms with Crippen molar-refractivity contribution in [3.05, 3.63) is 36.2 Å². The van der Waals surface area contributed by atoms with Crippen molar-refractivity contribution in [1.29, 1.82) is 0 Å². The fraction of sp³-hybridized carbons (Fsp3) is 0.312. The number of carbonyl (C=O) groups excluding carboxylic acids is 2. The summed E-state index contributed by atoms with van der Waals surface area (Å²) in [4.78, 5) is 24.9. The smallest absolute Gasteiger partial charge is 0.261 e. The van der Waals surface area contributed by atoms with Crippen molar-refractivity contribution in [2.75, 3.05) is 26.2 Å². The summed E-state index contributed by atoms with van der Waals surface area (Å²) in [7, 11) is 0. The van der Waals surface area contributed by atoms with Gasteiger partial charge in [0.2, 0.25) is 5.91 Å². The van der Waals surface area contributed by atoms with Gasteiger partial charge in [0.15, 0.2) is 6.61 Å². The molecule has 7 nitrogen and oxygen atoms in total. The number of aryl methyl sites for hydroxylation is 1. The molecule has 0 spiro atoms. The number of rotatable bonds is 4. The summed E-state index contributed by atoms with van der Waals surface area (Å²) in [5.41, 5.74) is 2.76. The third kappa shape index (κ3) is 3.50. The molecule has 2 aromatic rings. The fourth-order valence-electron chi connectivity index (χ4n) is 2.43. The number of nitrogens with zero attached hydrogens (tertiary/aromatic N) is 2. The summed E-state index contributed by atoms with van der Waals surface area (Å²) in [6, 6.07) is 8.35. The third-order valence-electron chi connectivity index (χ3n) is 3.66. The molecule has 1 saturated heterocycles. The maximum absolute atomic E-state index is 12.1. The normalized spacial score (nSPS) is 14.5. The second kappa shape index (κ2) is 6.51. The number of piperazine rings is 1. The summed E-state index contributed by atoms with van der Waals surface area (Å²) in [5.74, 6) is 0.206. The first-order valence-corrected chi connectivity index (χ1v) is 7.32. The Hall–Kier alpha value is -2.83. The van der Waals surface area contributed by atoms with Gasteiger partial charge in [0, 0.05) is 24.8 Å². The molecular formula is C16H17N4O3. The van der Waals surface area contributed by atoms with Crippen LogP contribution in [0.1, 0.15) is 5.69 Å². The highest BCUT2D eigenvalue weighted by atomic mass is 16.5. The van der Waals surface area contributed by atoms with Gasteiger partial charge in [-0.3, -0.25) is 14.7 Å².